The van der Waals surface area contributed by atoms with Crippen LogP contribution < -0.4 is 19.5 Å². The van der Waals surface area contributed by atoms with Gasteiger partial charge >= 0.3 is 0 Å². The van der Waals surface area contributed by atoms with Crippen LogP contribution in [0.4, 0.5) is 5.69 Å². The lowest BCUT2D eigenvalue weighted by atomic mass is 9.91. The highest BCUT2D eigenvalue weighted by Gasteiger charge is 2.62. The monoisotopic (exact) mass is 1040 g/mol. The molecule has 73 heavy (non-hydrogen) atoms. The lowest BCUT2D eigenvalue weighted by Gasteiger charge is -2.35. The fourth-order valence-corrected chi connectivity index (χ4v) is 12.9. The van der Waals surface area contributed by atoms with Gasteiger partial charge < -0.3 is 29.5 Å². The number of methoxy groups -OCH3 is 1. The van der Waals surface area contributed by atoms with E-state index >= 15 is 9.59 Å². The molecule has 3 aliphatic heterocycles. The van der Waals surface area contributed by atoms with Crippen molar-refractivity contribution < 1.29 is 37.1 Å². The molecule has 0 unspecified atom stereocenters. The van der Waals surface area contributed by atoms with E-state index in [-0.39, 0.29) is 48.8 Å². The Morgan fingerprint density at radius 1 is 1.00 bits per heavy atom. The molecule has 2 aromatic carbocycles. The molecule has 2 aromatic heterocycles. The predicted octanol–water partition coefficient (Wildman–Crippen LogP) is 7.43. The molecule has 9 rings (SSSR count). The standard InChI is InChI=1S/C55H72N8O8S2/c1-35(2)44-34-72-50(58-44)43-30-48(41-18-19-47(70-7)36(3)49(41)57-43)71-40-29-45-46(64)32-55(53(67)59-73(68,69)54(4)20-21-54)31-38(55)15-11-9-8-10-12-17-42(52(66)63(45)33-40)56-39-16-13-14-37(28-39)51(65)62-26-24-61(25-27-62)23-22-60(5)6/h11,13-16,18-19,28,30,34-35,38,40,42,45,56H,8-10,12,17,20-27,29,31-33H2,1-7H3,(H,59,67)/b15-11-/t38-,40+,42-,45-,55+/m0/s1. The SMILES string of the molecule is COc1ccc2c(O[C@@H]3C[C@H]4C(=O)C[C@]5(C(=O)NS(=O)(=O)C6(C)CC6)C[C@@H]5/C=C\CCCCC[C@H](Nc5cccc(C(=O)N6CCN(CCN(C)C)CC6)c5)C(=O)N4C3)cc(-c3nc(C(C)C)cs3)nc2c1C. The second-order valence-electron chi connectivity index (χ2n) is 21.8. The van der Waals surface area contributed by atoms with Gasteiger partial charge in [0, 0.05) is 85.8 Å². The molecule has 0 radical (unpaired) electrons. The normalized spacial score (nSPS) is 25.2. The fourth-order valence-electron chi connectivity index (χ4n) is 10.6. The van der Waals surface area contributed by atoms with Crippen molar-refractivity contribution in [3.05, 3.63) is 76.8 Å². The molecule has 5 atom stereocenters. The van der Waals surface area contributed by atoms with E-state index in [2.05, 4.69) is 47.8 Å². The van der Waals surface area contributed by atoms with Gasteiger partial charge in [-0.1, -0.05) is 44.9 Å². The number of aromatic nitrogens is 2. The summed E-state index contributed by atoms with van der Waals surface area (Å²) in [7, 11) is 1.76. The number of nitrogens with one attached hydrogen (secondary N) is 2. The number of piperazine rings is 1. The smallest absolute Gasteiger partial charge is 0.254 e. The van der Waals surface area contributed by atoms with Gasteiger partial charge in [0.15, 0.2) is 5.78 Å². The van der Waals surface area contributed by atoms with E-state index in [9.17, 15) is 18.0 Å². The number of allylic oxidation sites excluding steroid dienone is 2. The van der Waals surface area contributed by atoms with Gasteiger partial charge in [0.2, 0.25) is 21.8 Å². The molecular formula is C55H72N8O8S2. The topological polar surface area (TPSA) is 184 Å². The number of fused-ring (bicyclic) bond motifs is 3. The van der Waals surface area contributed by atoms with E-state index in [4.69, 9.17) is 19.4 Å². The van der Waals surface area contributed by atoms with Gasteiger partial charge in [0.05, 0.1) is 41.1 Å². The number of carbonyl (C=O) groups is 4. The number of anilines is 1. The summed E-state index contributed by atoms with van der Waals surface area (Å²) in [4.78, 5) is 76.8. The zero-order chi connectivity index (χ0) is 51.8. The molecule has 3 amide bonds. The zero-order valence-electron chi connectivity index (χ0n) is 43.4. The van der Waals surface area contributed by atoms with Crippen molar-refractivity contribution in [2.45, 2.75) is 121 Å². The summed E-state index contributed by atoms with van der Waals surface area (Å²) in [5.74, 6) is -0.268. The molecule has 0 bridgehead atoms. The molecular weight excluding hydrogens is 965 g/mol. The highest BCUT2D eigenvalue weighted by molar-refractivity contribution is 7.91. The fraction of sp³-hybridized carbons (Fsp3) is 0.564. The molecule has 392 valence electrons. The molecule has 4 fully saturated rings. The highest BCUT2D eigenvalue weighted by atomic mass is 32.2. The lowest BCUT2D eigenvalue weighted by molar-refractivity contribution is -0.139. The number of ketones is 1. The molecule has 2 saturated carbocycles. The number of likely N-dealkylation sites (N-methyl/N-ethyl adjacent to an activating group) is 1. The number of hydrogen-bond donors (Lipinski definition) is 2. The van der Waals surface area contributed by atoms with Crippen LogP contribution in [0.25, 0.3) is 21.6 Å². The number of aryl methyl sites for hydroxylation is 1. The van der Waals surface area contributed by atoms with Gasteiger partial charge in [-0.25, -0.2) is 18.4 Å². The van der Waals surface area contributed by atoms with Crippen LogP contribution >= 0.6 is 11.3 Å². The molecule has 4 aromatic rings. The van der Waals surface area contributed by atoms with E-state index in [1.807, 2.05) is 71.8 Å². The summed E-state index contributed by atoms with van der Waals surface area (Å²) >= 11 is 1.50. The van der Waals surface area contributed by atoms with Crippen LogP contribution in [0, 0.1) is 18.3 Å². The number of hydrogen-bond acceptors (Lipinski definition) is 14. The van der Waals surface area contributed by atoms with E-state index in [0.717, 1.165) is 73.5 Å². The van der Waals surface area contributed by atoms with Crippen molar-refractivity contribution >= 4 is 61.5 Å². The minimum Gasteiger partial charge on any atom is -0.496 e. The largest absolute Gasteiger partial charge is 0.496 e. The number of thiazole rings is 1. The molecule has 2 N–H and O–H groups in total. The van der Waals surface area contributed by atoms with Crippen molar-refractivity contribution in [3.8, 4) is 22.2 Å². The highest BCUT2D eigenvalue weighted by Crippen LogP contribution is 2.58. The van der Waals surface area contributed by atoms with E-state index in [1.165, 1.54) is 11.3 Å². The summed E-state index contributed by atoms with van der Waals surface area (Å²) in [5.41, 5.74) is 2.95. The Hall–Kier alpha value is -5.43. The first-order valence-electron chi connectivity index (χ1n) is 26.1. The van der Waals surface area contributed by atoms with Crippen LogP contribution in [-0.4, -0.2) is 151 Å². The summed E-state index contributed by atoms with van der Waals surface area (Å²) < 4.78 is 41.0. The summed E-state index contributed by atoms with van der Waals surface area (Å²) in [5, 5.41) is 7.02. The third kappa shape index (κ3) is 11.3. The molecule has 0 spiro atoms. The first-order valence-corrected chi connectivity index (χ1v) is 28.5. The summed E-state index contributed by atoms with van der Waals surface area (Å²) in [6.07, 6.45) is 8.10. The minimum atomic E-state index is -3.98. The molecule has 2 aliphatic carbocycles. The van der Waals surface area contributed by atoms with Crippen molar-refractivity contribution in [3.63, 3.8) is 0 Å². The Balaban J connectivity index is 1.03. The summed E-state index contributed by atoms with van der Waals surface area (Å²) in [6.45, 7) is 12.6. The Morgan fingerprint density at radius 3 is 2.49 bits per heavy atom. The van der Waals surface area contributed by atoms with Gasteiger partial charge in [0.1, 0.15) is 34.3 Å². The van der Waals surface area contributed by atoms with Crippen LogP contribution in [0.2, 0.25) is 0 Å². The maximum Gasteiger partial charge on any atom is 0.254 e. The number of sulfonamides is 1. The van der Waals surface area contributed by atoms with Crippen molar-refractivity contribution in [1.29, 1.82) is 0 Å². The number of Topliss-reactive ketones (excluding diaryl/α,β-unsaturated/α-hetero) is 1. The van der Waals surface area contributed by atoms with Crippen LogP contribution in [0.15, 0.2) is 60.0 Å². The maximum absolute atomic E-state index is 15.4. The third-order valence-electron chi connectivity index (χ3n) is 15.8. The van der Waals surface area contributed by atoms with E-state index < -0.39 is 44.3 Å². The van der Waals surface area contributed by atoms with Crippen LogP contribution in [0.5, 0.6) is 11.5 Å². The number of ether oxygens (including phenoxy) is 2. The number of pyridine rings is 1. The Morgan fingerprint density at radius 2 is 1.78 bits per heavy atom. The third-order valence-corrected chi connectivity index (χ3v) is 18.9. The van der Waals surface area contributed by atoms with Crippen molar-refractivity contribution in [2.24, 2.45) is 11.3 Å². The van der Waals surface area contributed by atoms with Crippen LogP contribution in [0.3, 0.4) is 0 Å². The first-order chi connectivity index (χ1) is 34.9. The first kappa shape index (κ1) is 52.4. The number of amides is 3. The van der Waals surface area contributed by atoms with Gasteiger partial charge in [-0.15, -0.1) is 11.3 Å². The van der Waals surface area contributed by atoms with E-state index in [1.54, 1.807) is 18.9 Å². The molecule has 5 aliphatic rings. The van der Waals surface area contributed by atoms with Crippen LogP contribution in [-0.2, 0) is 24.4 Å². The molecule has 2 saturated heterocycles. The molecule has 18 heteroatoms. The van der Waals surface area contributed by atoms with Gasteiger partial charge in [-0.3, -0.25) is 28.8 Å². The quantitative estimate of drug-likeness (QED) is 0.119. The number of carbonyl (C=O) groups excluding carboxylic acids is 4. The lowest BCUT2D eigenvalue weighted by Crippen LogP contribution is -2.50. The van der Waals surface area contributed by atoms with Gasteiger partial charge in [-0.2, -0.15) is 0 Å². The van der Waals surface area contributed by atoms with Crippen LogP contribution in [0.1, 0.15) is 113 Å². The Labute approximate surface area is 434 Å². The maximum atomic E-state index is 15.4. The number of nitrogens with zero attached hydrogens (tertiary/aromatic N) is 6. The summed E-state index contributed by atoms with van der Waals surface area (Å²) in [6, 6.07) is 11.2. The van der Waals surface area contributed by atoms with Crippen molar-refractivity contribution in [2.75, 3.05) is 72.3 Å². The minimum absolute atomic E-state index is 0.0615. The second-order valence-corrected chi connectivity index (χ2v) is 24.8. The van der Waals surface area contributed by atoms with Crippen molar-refractivity contribution in [1.82, 2.24) is 34.3 Å². The van der Waals surface area contributed by atoms with E-state index in [0.29, 0.717) is 72.7 Å². The van der Waals surface area contributed by atoms with Gasteiger partial charge in [-0.05, 0) is 109 Å². The predicted molar refractivity (Wildman–Crippen MR) is 285 cm³/mol. The molecule has 5 heterocycles. The average molecular weight is 1040 g/mol. The number of benzene rings is 2. The molecule has 16 nitrogen and oxygen atoms in total. The second kappa shape index (κ2) is 21.4. The Bertz CT molecular complexity index is 2870. The zero-order valence-corrected chi connectivity index (χ0v) is 45.1. The number of rotatable bonds is 14. The average Bonchev–Trinajstić information content (AvgIpc) is 4.14. The van der Waals surface area contributed by atoms with Gasteiger partial charge in [0.25, 0.3) is 5.91 Å². The Kier molecular flexibility index (Phi) is 15.4.